The van der Waals surface area contributed by atoms with Crippen LogP contribution in [0.2, 0.25) is 0 Å². The molecule has 0 aliphatic heterocycles. The largest absolute Gasteiger partial charge is 0.399 e. The lowest BCUT2D eigenvalue weighted by Crippen LogP contribution is -1.94. The Bertz CT molecular complexity index is 862. The van der Waals surface area contributed by atoms with Gasteiger partial charge in [0.1, 0.15) is 0 Å². The first-order valence-electron chi connectivity index (χ1n) is 7.87. The van der Waals surface area contributed by atoms with Gasteiger partial charge in [0, 0.05) is 5.69 Å². The second kappa shape index (κ2) is 5.03. The van der Waals surface area contributed by atoms with Gasteiger partial charge >= 0.3 is 0 Å². The van der Waals surface area contributed by atoms with Gasteiger partial charge in [-0.2, -0.15) is 0 Å². The molecular weight excluding hydrogens is 266 g/mol. The third kappa shape index (κ3) is 1.93. The summed E-state index contributed by atoms with van der Waals surface area (Å²) in [6.07, 6.45) is 1.99. The number of benzene rings is 3. The van der Waals surface area contributed by atoms with Crippen LogP contribution in [-0.4, -0.2) is 0 Å². The van der Waals surface area contributed by atoms with Gasteiger partial charge in [0.05, 0.1) is 0 Å². The Balaban J connectivity index is 1.89. The minimum Gasteiger partial charge on any atom is -0.399 e. The molecule has 4 rings (SSSR count). The molecule has 0 saturated heterocycles. The first kappa shape index (κ1) is 13.1. The van der Waals surface area contributed by atoms with Gasteiger partial charge in [0.15, 0.2) is 0 Å². The molecule has 0 heterocycles. The monoisotopic (exact) mass is 285 g/mol. The summed E-state index contributed by atoms with van der Waals surface area (Å²) < 4.78 is 0. The zero-order valence-electron chi connectivity index (χ0n) is 12.8. The van der Waals surface area contributed by atoms with Crippen LogP contribution in [0, 0.1) is 0 Å². The lowest BCUT2D eigenvalue weighted by Gasteiger charge is -2.11. The van der Waals surface area contributed by atoms with Crippen molar-refractivity contribution in [2.75, 3.05) is 5.73 Å². The topological polar surface area (TPSA) is 26.0 Å². The van der Waals surface area contributed by atoms with E-state index < -0.39 is 0 Å². The molecule has 1 aliphatic carbocycles. The molecule has 1 aliphatic rings. The van der Waals surface area contributed by atoms with E-state index >= 15 is 0 Å². The molecule has 0 amide bonds. The lowest BCUT2D eigenvalue weighted by atomic mass is 9.94. The number of rotatable bonds is 2. The molecule has 0 aromatic heterocycles. The molecule has 0 fully saturated rings. The van der Waals surface area contributed by atoms with E-state index in [1.807, 2.05) is 6.07 Å². The molecular formula is C21H19N. The van der Waals surface area contributed by atoms with Gasteiger partial charge in [0.2, 0.25) is 0 Å². The standard InChI is InChI=1S/C21H19N/c1-2-14-12-16(10-11-21(14)22)18-8-5-9-19-17-7-4-3-6-15(17)13-20(18)19/h3-12H,2,13,22H2,1H3. The van der Waals surface area contributed by atoms with Crippen molar-refractivity contribution in [3.05, 3.63) is 77.4 Å². The van der Waals surface area contributed by atoms with E-state index in [4.69, 9.17) is 5.73 Å². The number of nitrogens with two attached hydrogens (primary N) is 1. The number of anilines is 1. The highest BCUT2D eigenvalue weighted by molar-refractivity contribution is 5.85. The van der Waals surface area contributed by atoms with E-state index in [0.717, 1.165) is 18.5 Å². The first-order chi connectivity index (χ1) is 10.8. The van der Waals surface area contributed by atoms with Crippen molar-refractivity contribution in [2.45, 2.75) is 19.8 Å². The van der Waals surface area contributed by atoms with Gasteiger partial charge in [-0.15, -0.1) is 0 Å². The van der Waals surface area contributed by atoms with Gasteiger partial charge < -0.3 is 5.73 Å². The maximum absolute atomic E-state index is 6.06. The highest BCUT2D eigenvalue weighted by Gasteiger charge is 2.21. The molecule has 0 saturated carbocycles. The van der Waals surface area contributed by atoms with E-state index in [1.54, 1.807) is 0 Å². The van der Waals surface area contributed by atoms with Crippen LogP contribution in [0.15, 0.2) is 60.7 Å². The van der Waals surface area contributed by atoms with E-state index in [0.29, 0.717) is 0 Å². The van der Waals surface area contributed by atoms with Gasteiger partial charge in [-0.05, 0) is 63.9 Å². The SMILES string of the molecule is CCc1cc(-c2cccc3c2Cc2ccccc2-3)ccc1N. The fourth-order valence-corrected chi connectivity index (χ4v) is 3.51. The predicted octanol–water partition coefficient (Wildman–Crippen LogP) is 5.07. The molecule has 0 unspecified atom stereocenters. The van der Waals surface area contributed by atoms with E-state index in [-0.39, 0.29) is 0 Å². The molecule has 108 valence electrons. The van der Waals surface area contributed by atoms with Crippen LogP contribution in [0.3, 0.4) is 0 Å². The average molecular weight is 285 g/mol. The van der Waals surface area contributed by atoms with Crippen LogP contribution in [-0.2, 0) is 12.8 Å². The molecule has 1 nitrogen and oxygen atoms in total. The Hall–Kier alpha value is -2.54. The van der Waals surface area contributed by atoms with Crippen molar-refractivity contribution in [1.29, 1.82) is 0 Å². The third-order valence-corrected chi connectivity index (χ3v) is 4.69. The zero-order valence-corrected chi connectivity index (χ0v) is 12.8. The summed E-state index contributed by atoms with van der Waals surface area (Å²) in [6, 6.07) is 21.8. The summed E-state index contributed by atoms with van der Waals surface area (Å²) in [6.45, 7) is 2.15. The van der Waals surface area contributed by atoms with Crippen molar-refractivity contribution >= 4 is 5.69 Å². The molecule has 0 spiro atoms. The minimum absolute atomic E-state index is 0.891. The third-order valence-electron chi connectivity index (χ3n) is 4.69. The number of nitrogen functional groups attached to an aromatic ring is 1. The number of fused-ring (bicyclic) bond motifs is 3. The molecule has 0 radical (unpaired) electrons. The highest BCUT2D eigenvalue weighted by atomic mass is 14.6. The smallest absolute Gasteiger partial charge is 0.0346 e. The zero-order chi connectivity index (χ0) is 15.1. The van der Waals surface area contributed by atoms with Crippen LogP contribution in [0.5, 0.6) is 0 Å². The summed E-state index contributed by atoms with van der Waals surface area (Å²) in [5, 5.41) is 0. The Morgan fingerprint density at radius 1 is 0.864 bits per heavy atom. The maximum atomic E-state index is 6.06. The van der Waals surface area contributed by atoms with E-state index in [2.05, 4.69) is 61.5 Å². The number of aryl methyl sites for hydroxylation is 1. The van der Waals surface area contributed by atoms with Crippen LogP contribution < -0.4 is 5.73 Å². The van der Waals surface area contributed by atoms with Gasteiger partial charge in [0.25, 0.3) is 0 Å². The Morgan fingerprint density at radius 2 is 1.64 bits per heavy atom. The van der Waals surface area contributed by atoms with Gasteiger partial charge in [-0.25, -0.2) is 0 Å². The average Bonchev–Trinajstić information content (AvgIpc) is 2.94. The van der Waals surface area contributed by atoms with Crippen molar-refractivity contribution in [3.63, 3.8) is 0 Å². The summed E-state index contributed by atoms with van der Waals surface area (Å²) in [5.41, 5.74) is 16.4. The van der Waals surface area contributed by atoms with Crippen molar-refractivity contribution < 1.29 is 0 Å². The predicted molar refractivity (Wildman–Crippen MR) is 93.9 cm³/mol. The molecule has 22 heavy (non-hydrogen) atoms. The van der Waals surface area contributed by atoms with E-state index in [9.17, 15) is 0 Å². The minimum atomic E-state index is 0.891. The van der Waals surface area contributed by atoms with Crippen LogP contribution in [0.25, 0.3) is 22.3 Å². The maximum Gasteiger partial charge on any atom is 0.0346 e. The second-order valence-corrected chi connectivity index (χ2v) is 5.93. The quantitative estimate of drug-likeness (QED) is 0.511. The summed E-state index contributed by atoms with van der Waals surface area (Å²) >= 11 is 0. The molecule has 1 heteroatoms. The van der Waals surface area contributed by atoms with Crippen LogP contribution in [0.4, 0.5) is 5.69 Å². The molecule has 3 aromatic carbocycles. The van der Waals surface area contributed by atoms with Crippen molar-refractivity contribution in [2.24, 2.45) is 0 Å². The number of hydrogen-bond donors (Lipinski definition) is 1. The lowest BCUT2D eigenvalue weighted by molar-refractivity contribution is 1.14. The molecule has 2 N–H and O–H groups in total. The summed E-state index contributed by atoms with van der Waals surface area (Å²) in [7, 11) is 0. The first-order valence-corrected chi connectivity index (χ1v) is 7.87. The fraction of sp³-hybridized carbons (Fsp3) is 0.143. The van der Waals surface area contributed by atoms with Gasteiger partial charge in [-0.1, -0.05) is 55.5 Å². The Morgan fingerprint density at radius 3 is 2.50 bits per heavy atom. The second-order valence-electron chi connectivity index (χ2n) is 5.93. The summed E-state index contributed by atoms with van der Waals surface area (Å²) in [4.78, 5) is 0. The number of hydrogen-bond acceptors (Lipinski definition) is 1. The van der Waals surface area contributed by atoms with E-state index in [1.165, 1.54) is 38.9 Å². The molecule has 3 aromatic rings. The van der Waals surface area contributed by atoms with Crippen LogP contribution >= 0.6 is 0 Å². The molecule has 0 bridgehead atoms. The Kier molecular flexibility index (Phi) is 3.00. The Labute approximate surface area is 131 Å². The fourth-order valence-electron chi connectivity index (χ4n) is 3.51. The normalized spacial score (nSPS) is 12.0. The highest BCUT2D eigenvalue weighted by Crippen LogP contribution is 2.41. The van der Waals surface area contributed by atoms with Gasteiger partial charge in [-0.3, -0.25) is 0 Å². The molecule has 0 atom stereocenters. The summed E-state index contributed by atoms with van der Waals surface area (Å²) in [5.74, 6) is 0. The van der Waals surface area contributed by atoms with Crippen molar-refractivity contribution in [3.8, 4) is 22.3 Å². The van der Waals surface area contributed by atoms with Crippen molar-refractivity contribution in [1.82, 2.24) is 0 Å². The van der Waals surface area contributed by atoms with Crippen LogP contribution in [0.1, 0.15) is 23.6 Å².